The largest absolute Gasteiger partial charge is 0.342 e. The van der Waals surface area contributed by atoms with Crippen molar-refractivity contribution in [2.75, 3.05) is 20.1 Å². The summed E-state index contributed by atoms with van der Waals surface area (Å²) >= 11 is 0. The maximum Gasteiger partial charge on any atom is 0.246 e. The van der Waals surface area contributed by atoms with E-state index in [1.54, 1.807) is 6.08 Å². The molecule has 1 aliphatic heterocycles. The highest BCUT2D eigenvalue weighted by Crippen LogP contribution is 2.32. The molecular weight excluding hydrogens is 408 g/mol. The number of likely N-dealkylation sites (tertiary alicyclic amines) is 1. The molecule has 1 saturated heterocycles. The number of carbonyl (C=O) groups excluding carboxylic acids is 2. The fourth-order valence-electron chi connectivity index (χ4n) is 5.13. The van der Waals surface area contributed by atoms with E-state index >= 15 is 0 Å². The third-order valence-corrected chi connectivity index (χ3v) is 7.60. The molecule has 0 bridgehead atoms. The maximum atomic E-state index is 13.1. The second-order valence-corrected chi connectivity index (χ2v) is 9.68. The standard InChI is InChI=1S/C29H36N2O2/c1-22-9-6-7-12-26(22)21-27(30(2)29(33)25-13-8-14-25)24-17-19-31(20-18-24)28(32)16-15-23-10-4-3-5-11-23/h3-7,9-12,15-16,24-25,27H,8,13-14,17-21H2,1-2H3/b16-15+. The second-order valence-electron chi connectivity index (χ2n) is 9.68. The van der Waals surface area contributed by atoms with Gasteiger partial charge in [-0.3, -0.25) is 9.59 Å². The molecule has 0 spiro atoms. The van der Waals surface area contributed by atoms with Gasteiger partial charge in [-0.1, -0.05) is 61.0 Å². The zero-order chi connectivity index (χ0) is 23.2. The maximum absolute atomic E-state index is 13.1. The lowest BCUT2D eigenvalue weighted by Gasteiger charge is -2.42. The van der Waals surface area contributed by atoms with Crippen LogP contribution in [0, 0.1) is 18.8 Å². The van der Waals surface area contributed by atoms with Gasteiger partial charge in [-0.25, -0.2) is 0 Å². The van der Waals surface area contributed by atoms with Crippen LogP contribution < -0.4 is 0 Å². The van der Waals surface area contributed by atoms with Crippen molar-refractivity contribution in [2.45, 2.75) is 51.5 Å². The van der Waals surface area contributed by atoms with Crippen molar-refractivity contribution >= 4 is 17.9 Å². The molecule has 33 heavy (non-hydrogen) atoms. The van der Waals surface area contributed by atoms with E-state index in [1.165, 1.54) is 17.5 Å². The number of hydrogen-bond donors (Lipinski definition) is 0. The summed E-state index contributed by atoms with van der Waals surface area (Å²) in [5, 5.41) is 0. The summed E-state index contributed by atoms with van der Waals surface area (Å²) < 4.78 is 0. The van der Waals surface area contributed by atoms with Crippen LogP contribution in [0.15, 0.2) is 60.7 Å². The van der Waals surface area contributed by atoms with E-state index < -0.39 is 0 Å². The lowest BCUT2D eigenvalue weighted by atomic mass is 9.81. The average Bonchev–Trinajstić information content (AvgIpc) is 2.81. The van der Waals surface area contributed by atoms with Gasteiger partial charge < -0.3 is 9.80 Å². The molecule has 4 nitrogen and oxygen atoms in total. The molecule has 2 aromatic rings. The molecule has 1 heterocycles. The van der Waals surface area contributed by atoms with E-state index in [9.17, 15) is 9.59 Å². The van der Waals surface area contributed by atoms with Crippen LogP contribution in [0.3, 0.4) is 0 Å². The molecule has 4 rings (SSSR count). The average molecular weight is 445 g/mol. The quantitative estimate of drug-likeness (QED) is 0.557. The number of hydrogen-bond acceptors (Lipinski definition) is 2. The topological polar surface area (TPSA) is 40.6 Å². The molecule has 1 atom stereocenters. The van der Waals surface area contributed by atoms with Gasteiger partial charge in [0.15, 0.2) is 0 Å². The molecule has 1 unspecified atom stereocenters. The highest BCUT2D eigenvalue weighted by atomic mass is 16.2. The first-order valence-electron chi connectivity index (χ1n) is 12.4. The Morgan fingerprint density at radius 3 is 2.30 bits per heavy atom. The number of amides is 2. The van der Waals surface area contributed by atoms with Crippen LogP contribution in [0.1, 0.15) is 48.8 Å². The number of benzene rings is 2. The lowest BCUT2D eigenvalue weighted by Crippen LogP contribution is -2.50. The van der Waals surface area contributed by atoms with Crippen LogP contribution in [0.4, 0.5) is 0 Å². The second kappa shape index (κ2) is 10.8. The predicted molar refractivity (Wildman–Crippen MR) is 134 cm³/mol. The SMILES string of the molecule is Cc1ccccc1CC(C1CCN(C(=O)/C=C/c2ccccc2)CC1)N(C)C(=O)C1CCC1. The van der Waals surface area contributed by atoms with Crippen molar-refractivity contribution in [2.24, 2.45) is 11.8 Å². The first-order chi connectivity index (χ1) is 16.0. The van der Waals surface area contributed by atoms with Gasteiger partial charge in [0.2, 0.25) is 11.8 Å². The zero-order valence-corrected chi connectivity index (χ0v) is 20.0. The Kier molecular flexibility index (Phi) is 7.64. The summed E-state index contributed by atoms with van der Waals surface area (Å²) in [5.41, 5.74) is 3.64. The minimum atomic E-state index is 0.0756. The minimum Gasteiger partial charge on any atom is -0.342 e. The van der Waals surface area contributed by atoms with Gasteiger partial charge in [-0.2, -0.15) is 0 Å². The molecular formula is C29H36N2O2. The van der Waals surface area contributed by atoms with E-state index in [4.69, 9.17) is 0 Å². The lowest BCUT2D eigenvalue weighted by molar-refractivity contribution is -0.141. The summed E-state index contributed by atoms with van der Waals surface area (Å²) in [4.78, 5) is 29.9. The Morgan fingerprint density at radius 1 is 1.00 bits per heavy atom. The predicted octanol–water partition coefficient (Wildman–Crippen LogP) is 5.12. The van der Waals surface area contributed by atoms with E-state index in [0.29, 0.717) is 11.8 Å². The Labute approximate surface area is 198 Å². The molecule has 2 amide bonds. The molecule has 0 N–H and O–H groups in total. The van der Waals surface area contributed by atoms with E-state index in [0.717, 1.165) is 50.8 Å². The summed E-state index contributed by atoms with van der Waals surface area (Å²) in [6.07, 6.45) is 9.56. The van der Waals surface area contributed by atoms with Gasteiger partial charge in [0.25, 0.3) is 0 Å². The van der Waals surface area contributed by atoms with Gasteiger partial charge in [-0.15, -0.1) is 0 Å². The molecule has 0 radical (unpaired) electrons. The Balaban J connectivity index is 1.42. The van der Waals surface area contributed by atoms with Crippen LogP contribution in [0.2, 0.25) is 0 Å². The van der Waals surface area contributed by atoms with Gasteiger partial charge >= 0.3 is 0 Å². The molecule has 174 valence electrons. The number of likely N-dealkylation sites (N-methyl/N-ethyl adjacent to an activating group) is 1. The van der Waals surface area contributed by atoms with Crippen LogP contribution in [0.25, 0.3) is 6.08 Å². The van der Waals surface area contributed by atoms with Crippen molar-refractivity contribution in [1.29, 1.82) is 0 Å². The number of nitrogens with zero attached hydrogens (tertiary/aromatic N) is 2. The highest BCUT2D eigenvalue weighted by molar-refractivity contribution is 5.91. The van der Waals surface area contributed by atoms with Gasteiger partial charge in [0, 0.05) is 38.2 Å². The fourth-order valence-corrected chi connectivity index (χ4v) is 5.13. The summed E-state index contributed by atoms with van der Waals surface area (Å²) in [5.74, 6) is 0.996. The minimum absolute atomic E-state index is 0.0756. The summed E-state index contributed by atoms with van der Waals surface area (Å²) in [6, 6.07) is 18.6. The molecule has 2 aromatic carbocycles. The van der Waals surface area contributed by atoms with Crippen LogP contribution in [-0.2, 0) is 16.0 Å². The van der Waals surface area contributed by atoms with Gasteiger partial charge in [-0.05, 0) is 67.7 Å². The summed E-state index contributed by atoms with van der Waals surface area (Å²) in [7, 11) is 2.00. The molecule has 4 heteroatoms. The van der Waals surface area contributed by atoms with Crippen molar-refractivity contribution in [3.63, 3.8) is 0 Å². The fraction of sp³-hybridized carbons (Fsp3) is 0.448. The highest BCUT2D eigenvalue weighted by Gasteiger charge is 2.36. The van der Waals surface area contributed by atoms with Crippen LogP contribution in [0.5, 0.6) is 0 Å². The number of piperidine rings is 1. The van der Waals surface area contributed by atoms with E-state index in [1.807, 2.05) is 53.3 Å². The molecule has 1 aliphatic carbocycles. The number of aryl methyl sites for hydroxylation is 1. The monoisotopic (exact) mass is 444 g/mol. The van der Waals surface area contributed by atoms with Crippen molar-refractivity contribution in [1.82, 2.24) is 9.80 Å². The molecule has 2 aliphatic rings. The molecule has 1 saturated carbocycles. The van der Waals surface area contributed by atoms with E-state index in [2.05, 4.69) is 31.2 Å². The number of carbonyl (C=O) groups is 2. The zero-order valence-electron chi connectivity index (χ0n) is 20.0. The smallest absolute Gasteiger partial charge is 0.246 e. The van der Waals surface area contributed by atoms with Crippen LogP contribution in [-0.4, -0.2) is 47.8 Å². The van der Waals surface area contributed by atoms with Crippen molar-refractivity contribution in [3.05, 3.63) is 77.4 Å². The third kappa shape index (κ3) is 5.73. The van der Waals surface area contributed by atoms with Crippen molar-refractivity contribution < 1.29 is 9.59 Å². The Bertz CT molecular complexity index is 972. The third-order valence-electron chi connectivity index (χ3n) is 7.60. The Hall–Kier alpha value is -2.88. The number of rotatable bonds is 7. The van der Waals surface area contributed by atoms with Crippen LogP contribution >= 0.6 is 0 Å². The Morgan fingerprint density at radius 2 is 1.67 bits per heavy atom. The van der Waals surface area contributed by atoms with Crippen molar-refractivity contribution in [3.8, 4) is 0 Å². The van der Waals surface area contributed by atoms with Gasteiger partial charge in [0.1, 0.15) is 0 Å². The van der Waals surface area contributed by atoms with Gasteiger partial charge in [0.05, 0.1) is 0 Å². The molecule has 0 aromatic heterocycles. The molecule has 2 fully saturated rings. The summed E-state index contributed by atoms with van der Waals surface area (Å²) in [6.45, 7) is 3.65. The first-order valence-corrected chi connectivity index (χ1v) is 12.4. The first kappa shape index (κ1) is 23.3. The normalized spacial score (nSPS) is 18.2. The van der Waals surface area contributed by atoms with E-state index in [-0.39, 0.29) is 17.9 Å².